The lowest BCUT2D eigenvalue weighted by atomic mass is 10.0. The first-order valence-electron chi connectivity index (χ1n) is 10.4. The van der Waals surface area contributed by atoms with Gasteiger partial charge in [-0.2, -0.15) is 0 Å². The molecule has 1 aromatic heterocycles. The summed E-state index contributed by atoms with van der Waals surface area (Å²) in [5, 5.41) is 6.91. The molecular weight excluding hydrogens is 489 g/mol. The fourth-order valence-electron chi connectivity index (χ4n) is 3.80. The second-order valence-corrected chi connectivity index (χ2v) is 7.46. The van der Waals surface area contributed by atoms with Crippen LogP contribution >= 0.6 is 24.0 Å². The molecule has 164 valence electrons. The molecule has 0 spiro atoms. The number of nitrogens with zero attached hydrogens (tertiary/aromatic N) is 3. The maximum absolute atomic E-state index is 5.33. The van der Waals surface area contributed by atoms with Crippen LogP contribution in [0.25, 0.3) is 0 Å². The molecule has 7 heteroatoms. The first kappa shape index (κ1) is 24.4. The number of piperidine rings is 1. The fourth-order valence-corrected chi connectivity index (χ4v) is 3.80. The summed E-state index contributed by atoms with van der Waals surface area (Å²) in [5.41, 5.74) is 3.52. The smallest absolute Gasteiger partial charge is 0.191 e. The number of rotatable bonds is 7. The summed E-state index contributed by atoms with van der Waals surface area (Å²) in [6.45, 7) is 5.81. The summed E-state index contributed by atoms with van der Waals surface area (Å²) in [6.07, 6.45) is 5.68. The Balaban J connectivity index is 0.00000320. The number of methoxy groups -OCH3 is 1. The van der Waals surface area contributed by atoms with Gasteiger partial charge in [-0.25, -0.2) is 0 Å². The van der Waals surface area contributed by atoms with Crippen molar-refractivity contribution in [2.45, 2.75) is 38.8 Å². The van der Waals surface area contributed by atoms with Gasteiger partial charge in [0.15, 0.2) is 5.96 Å². The van der Waals surface area contributed by atoms with Gasteiger partial charge in [0.05, 0.1) is 25.4 Å². The van der Waals surface area contributed by atoms with Crippen molar-refractivity contribution in [3.05, 3.63) is 59.4 Å². The Morgan fingerprint density at radius 1 is 1.13 bits per heavy atom. The van der Waals surface area contributed by atoms with E-state index in [-0.39, 0.29) is 24.0 Å². The van der Waals surface area contributed by atoms with Gasteiger partial charge in [0, 0.05) is 19.8 Å². The van der Waals surface area contributed by atoms with Crippen molar-refractivity contribution in [3.8, 4) is 5.75 Å². The Kier molecular flexibility index (Phi) is 10.4. The highest BCUT2D eigenvalue weighted by molar-refractivity contribution is 14.0. The minimum Gasteiger partial charge on any atom is -0.497 e. The monoisotopic (exact) mass is 523 g/mol. The Morgan fingerprint density at radius 2 is 1.87 bits per heavy atom. The zero-order valence-electron chi connectivity index (χ0n) is 18.2. The summed E-state index contributed by atoms with van der Waals surface area (Å²) in [4.78, 5) is 11.4. The number of nitrogens with one attached hydrogen (secondary N) is 2. The highest BCUT2D eigenvalue weighted by atomic mass is 127. The number of aliphatic imine (C=N–C) groups is 1. The number of aromatic nitrogens is 1. The summed E-state index contributed by atoms with van der Waals surface area (Å²) >= 11 is 0. The number of halogens is 1. The first-order valence-corrected chi connectivity index (χ1v) is 10.4. The number of hydrogen-bond acceptors (Lipinski definition) is 4. The SMILES string of the molecule is CN=C(NCc1ncccc1C)NCC(c1ccc(OC)cc1)N1CCCCC1.I. The van der Waals surface area contributed by atoms with E-state index >= 15 is 0 Å². The van der Waals surface area contributed by atoms with Crippen molar-refractivity contribution in [2.75, 3.05) is 33.8 Å². The molecule has 1 unspecified atom stereocenters. The van der Waals surface area contributed by atoms with Gasteiger partial charge in [-0.1, -0.05) is 24.6 Å². The van der Waals surface area contributed by atoms with E-state index in [0.717, 1.165) is 37.0 Å². The number of guanidine groups is 1. The average Bonchev–Trinajstić information content (AvgIpc) is 2.78. The van der Waals surface area contributed by atoms with Crippen LogP contribution in [0.3, 0.4) is 0 Å². The highest BCUT2D eigenvalue weighted by Gasteiger charge is 2.22. The minimum absolute atomic E-state index is 0. The average molecular weight is 523 g/mol. The van der Waals surface area contributed by atoms with Crippen LogP contribution in [0.4, 0.5) is 0 Å². The highest BCUT2D eigenvalue weighted by Crippen LogP contribution is 2.25. The molecule has 0 radical (unpaired) electrons. The number of ether oxygens (including phenoxy) is 1. The topological polar surface area (TPSA) is 61.8 Å². The third-order valence-electron chi connectivity index (χ3n) is 5.56. The normalized spacial score (nSPS) is 15.8. The molecule has 0 saturated carbocycles. The number of hydrogen-bond donors (Lipinski definition) is 2. The first-order chi connectivity index (χ1) is 14.2. The van der Waals surface area contributed by atoms with Crippen LogP contribution in [0.15, 0.2) is 47.6 Å². The van der Waals surface area contributed by atoms with Gasteiger partial charge in [-0.15, -0.1) is 24.0 Å². The Bertz CT molecular complexity index is 790. The van der Waals surface area contributed by atoms with Crippen molar-refractivity contribution < 1.29 is 4.74 Å². The molecule has 2 heterocycles. The van der Waals surface area contributed by atoms with E-state index < -0.39 is 0 Å². The number of aryl methyl sites for hydroxylation is 1. The van der Waals surface area contributed by atoms with E-state index in [4.69, 9.17) is 4.74 Å². The standard InChI is InChI=1S/C23H33N5O.HI/c1-18-8-7-13-25-21(18)16-26-23(24-2)27-17-22(28-14-5-4-6-15-28)19-9-11-20(29-3)12-10-19;/h7-13,22H,4-6,14-17H2,1-3H3,(H2,24,26,27);1H. The lowest BCUT2D eigenvalue weighted by Crippen LogP contribution is -2.44. The zero-order valence-corrected chi connectivity index (χ0v) is 20.6. The van der Waals surface area contributed by atoms with Crippen molar-refractivity contribution in [3.63, 3.8) is 0 Å². The maximum Gasteiger partial charge on any atom is 0.191 e. The molecule has 1 fully saturated rings. The quantitative estimate of drug-likeness (QED) is 0.328. The van der Waals surface area contributed by atoms with Crippen LogP contribution in [-0.2, 0) is 6.54 Å². The molecule has 1 aromatic carbocycles. The lowest BCUT2D eigenvalue weighted by molar-refractivity contribution is 0.164. The Hall–Kier alpha value is -1.87. The third-order valence-corrected chi connectivity index (χ3v) is 5.56. The van der Waals surface area contributed by atoms with Crippen LogP contribution in [0, 0.1) is 6.92 Å². The van der Waals surface area contributed by atoms with E-state index in [1.807, 2.05) is 31.4 Å². The molecule has 0 bridgehead atoms. The summed E-state index contributed by atoms with van der Waals surface area (Å²) in [6, 6.07) is 12.8. The molecule has 2 N–H and O–H groups in total. The van der Waals surface area contributed by atoms with Gasteiger partial charge >= 0.3 is 0 Å². The molecule has 3 rings (SSSR count). The fraction of sp³-hybridized carbons (Fsp3) is 0.478. The second-order valence-electron chi connectivity index (χ2n) is 7.46. The molecule has 6 nitrogen and oxygen atoms in total. The molecule has 2 aromatic rings. The molecule has 1 aliphatic rings. The van der Waals surface area contributed by atoms with E-state index in [1.165, 1.54) is 30.4 Å². The van der Waals surface area contributed by atoms with E-state index in [1.54, 1.807) is 7.11 Å². The van der Waals surface area contributed by atoms with Gasteiger partial charge in [0.1, 0.15) is 5.75 Å². The molecule has 0 aliphatic carbocycles. The number of pyridine rings is 1. The van der Waals surface area contributed by atoms with Crippen molar-refractivity contribution in [1.82, 2.24) is 20.5 Å². The van der Waals surface area contributed by atoms with Gasteiger partial charge in [-0.05, 0) is 62.2 Å². The van der Waals surface area contributed by atoms with Crippen LogP contribution in [0.5, 0.6) is 5.75 Å². The molecule has 1 atom stereocenters. The second kappa shape index (κ2) is 12.7. The Morgan fingerprint density at radius 3 is 2.50 bits per heavy atom. The largest absolute Gasteiger partial charge is 0.497 e. The van der Waals surface area contributed by atoms with Crippen LogP contribution < -0.4 is 15.4 Å². The molecule has 1 saturated heterocycles. The predicted octanol–water partition coefficient (Wildman–Crippen LogP) is 3.91. The van der Waals surface area contributed by atoms with E-state index in [2.05, 4.69) is 50.6 Å². The zero-order chi connectivity index (χ0) is 20.5. The number of likely N-dealkylation sites (tertiary alicyclic amines) is 1. The minimum atomic E-state index is 0. The summed E-state index contributed by atoms with van der Waals surface area (Å²) < 4.78 is 5.33. The van der Waals surface area contributed by atoms with Crippen molar-refractivity contribution in [1.29, 1.82) is 0 Å². The van der Waals surface area contributed by atoms with E-state index in [9.17, 15) is 0 Å². The molecule has 0 amide bonds. The summed E-state index contributed by atoms with van der Waals surface area (Å²) in [7, 11) is 3.52. The third kappa shape index (κ3) is 6.84. The van der Waals surface area contributed by atoms with Crippen LogP contribution in [0.2, 0.25) is 0 Å². The predicted molar refractivity (Wildman–Crippen MR) is 134 cm³/mol. The van der Waals surface area contributed by atoms with Gasteiger partial charge < -0.3 is 15.4 Å². The molecular formula is C23H34IN5O. The maximum atomic E-state index is 5.33. The molecule has 1 aliphatic heterocycles. The number of benzene rings is 1. The van der Waals surface area contributed by atoms with Crippen molar-refractivity contribution in [2.24, 2.45) is 4.99 Å². The van der Waals surface area contributed by atoms with Gasteiger partial charge in [0.25, 0.3) is 0 Å². The van der Waals surface area contributed by atoms with Gasteiger partial charge in [-0.3, -0.25) is 14.9 Å². The van der Waals surface area contributed by atoms with Gasteiger partial charge in [0.2, 0.25) is 0 Å². The lowest BCUT2D eigenvalue weighted by Gasteiger charge is -2.35. The summed E-state index contributed by atoms with van der Waals surface area (Å²) in [5.74, 6) is 1.69. The van der Waals surface area contributed by atoms with E-state index in [0.29, 0.717) is 12.6 Å². The Labute approximate surface area is 197 Å². The molecule has 30 heavy (non-hydrogen) atoms. The van der Waals surface area contributed by atoms with Crippen LogP contribution in [-0.4, -0.2) is 49.6 Å². The van der Waals surface area contributed by atoms with Crippen molar-refractivity contribution >= 4 is 29.9 Å². The van der Waals surface area contributed by atoms with Crippen LogP contribution in [0.1, 0.15) is 42.1 Å².